The summed E-state index contributed by atoms with van der Waals surface area (Å²) in [6, 6.07) is -0.728. The van der Waals surface area contributed by atoms with Crippen molar-refractivity contribution in [3.8, 4) is 0 Å². The molecule has 2 amide bonds. The number of hydrogen-bond acceptors (Lipinski definition) is 4. The van der Waals surface area contributed by atoms with Gasteiger partial charge < -0.3 is 5.32 Å². The van der Waals surface area contributed by atoms with Gasteiger partial charge in [-0.2, -0.15) is 5.10 Å². The number of amides is 2. The van der Waals surface area contributed by atoms with E-state index in [1.54, 1.807) is 10.9 Å². The quantitative estimate of drug-likeness (QED) is 0.814. The van der Waals surface area contributed by atoms with Gasteiger partial charge in [-0.3, -0.25) is 19.5 Å². The van der Waals surface area contributed by atoms with Crippen LogP contribution in [0, 0.1) is 0 Å². The number of rotatable bonds is 4. The highest BCUT2D eigenvalue weighted by Gasteiger charge is 2.30. The van der Waals surface area contributed by atoms with Crippen molar-refractivity contribution in [2.75, 3.05) is 6.54 Å². The first kappa shape index (κ1) is 14.8. The third kappa shape index (κ3) is 3.10. The number of piperidine rings is 1. The van der Waals surface area contributed by atoms with Crippen LogP contribution in [-0.4, -0.2) is 44.5 Å². The average molecular weight is 301 g/mol. The topological polar surface area (TPSA) is 87.5 Å². The lowest BCUT2D eigenvalue weighted by Gasteiger charge is -2.27. The molecule has 8 heteroatoms. The second kappa shape index (κ2) is 6.23. The smallest absolute Gasteiger partial charge is 0.273 e. The number of carbonyl (C=O) groups excluding carboxylic acids is 2. The molecule has 1 atom stereocenters. The molecule has 20 heavy (non-hydrogen) atoms. The summed E-state index contributed by atoms with van der Waals surface area (Å²) in [4.78, 5) is 23.8. The molecule has 0 bridgehead atoms. The Kier molecular flexibility index (Phi) is 4.61. The molecule has 110 valence electrons. The molecular weight excluding hydrogens is 284 g/mol. The molecule has 0 aromatic carbocycles. The molecule has 1 unspecified atom stereocenters. The van der Waals surface area contributed by atoms with Crippen molar-refractivity contribution < 1.29 is 14.8 Å². The molecule has 2 heterocycles. The third-order valence-corrected chi connectivity index (χ3v) is 3.38. The maximum absolute atomic E-state index is 12.1. The number of hydrogen-bond donors (Lipinski definition) is 2. The van der Waals surface area contributed by atoms with Crippen molar-refractivity contribution in [2.45, 2.75) is 38.8 Å². The standard InChI is InChI=1S/C12H17ClN4O3/c1-2-5-16-7-8(13)10(15-16)11(18)14-9-4-3-6-17(20)12(9)19/h7,9,20H,2-6H2,1H3,(H,14,18). The van der Waals surface area contributed by atoms with E-state index in [2.05, 4.69) is 10.4 Å². The van der Waals surface area contributed by atoms with Crippen molar-refractivity contribution in [3.63, 3.8) is 0 Å². The normalized spacial score (nSPS) is 19.2. The zero-order valence-electron chi connectivity index (χ0n) is 11.2. The van der Waals surface area contributed by atoms with Gasteiger partial charge in [0.1, 0.15) is 6.04 Å². The molecule has 0 aliphatic carbocycles. The van der Waals surface area contributed by atoms with E-state index in [1.165, 1.54) is 0 Å². The summed E-state index contributed by atoms with van der Waals surface area (Å²) in [7, 11) is 0. The number of nitrogens with one attached hydrogen (secondary N) is 1. The summed E-state index contributed by atoms with van der Waals surface area (Å²) >= 11 is 5.97. The highest BCUT2D eigenvalue weighted by molar-refractivity contribution is 6.33. The fraction of sp³-hybridized carbons (Fsp3) is 0.583. The van der Waals surface area contributed by atoms with Crippen LogP contribution in [0.15, 0.2) is 6.20 Å². The van der Waals surface area contributed by atoms with Gasteiger partial charge in [-0.15, -0.1) is 0 Å². The van der Waals surface area contributed by atoms with E-state index in [9.17, 15) is 14.8 Å². The van der Waals surface area contributed by atoms with Crippen LogP contribution in [0.4, 0.5) is 0 Å². The number of halogens is 1. The number of aromatic nitrogens is 2. The van der Waals surface area contributed by atoms with Crippen molar-refractivity contribution in [2.24, 2.45) is 0 Å². The molecule has 0 radical (unpaired) electrons. The van der Waals surface area contributed by atoms with Gasteiger partial charge in [-0.1, -0.05) is 18.5 Å². The second-order valence-electron chi connectivity index (χ2n) is 4.72. The van der Waals surface area contributed by atoms with E-state index >= 15 is 0 Å². The van der Waals surface area contributed by atoms with Crippen molar-refractivity contribution in [3.05, 3.63) is 16.9 Å². The van der Waals surface area contributed by atoms with Gasteiger partial charge in [0.2, 0.25) is 0 Å². The Morgan fingerprint density at radius 2 is 2.40 bits per heavy atom. The number of aryl methyl sites for hydroxylation is 1. The lowest BCUT2D eigenvalue weighted by atomic mass is 10.1. The summed E-state index contributed by atoms with van der Waals surface area (Å²) in [6.07, 6.45) is 3.58. The summed E-state index contributed by atoms with van der Waals surface area (Å²) in [6.45, 7) is 2.95. The van der Waals surface area contributed by atoms with Crippen LogP contribution >= 0.6 is 11.6 Å². The van der Waals surface area contributed by atoms with Crippen LogP contribution in [0.2, 0.25) is 5.02 Å². The minimum atomic E-state index is -0.728. The third-order valence-electron chi connectivity index (χ3n) is 3.11. The zero-order valence-corrected chi connectivity index (χ0v) is 11.9. The highest BCUT2D eigenvalue weighted by atomic mass is 35.5. The molecule has 1 aliphatic rings. The molecule has 1 fully saturated rings. The van der Waals surface area contributed by atoms with Crippen LogP contribution < -0.4 is 5.32 Å². The Morgan fingerprint density at radius 1 is 1.65 bits per heavy atom. The van der Waals surface area contributed by atoms with E-state index in [4.69, 9.17) is 11.6 Å². The van der Waals surface area contributed by atoms with Gasteiger partial charge in [0.05, 0.1) is 5.02 Å². The lowest BCUT2D eigenvalue weighted by molar-refractivity contribution is -0.172. The van der Waals surface area contributed by atoms with Gasteiger partial charge in [-0.05, 0) is 19.3 Å². The predicted octanol–water partition coefficient (Wildman–Crippen LogP) is 1.06. The van der Waals surface area contributed by atoms with Crippen LogP contribution in [0.1, 0.15) is 36.7 Å². The molecular formula is C12H17ClN4O3. The van der Waals surface area contributed by atoms with E-state index in [1.807, 2.05) is 6.92 Å². The van der Waals surface area contributed by atoms with Crippen LogP contribution in [-0.2, 0) is 11.3 Å². The summed E-state index contributed by atoms with van der Waals surface area (Å²) in [5, 5.41) is 16.9. The first-order valence-electron chi connectivity index (χ1n) is 6.57. The fourth-order valence-corrected chi connectivity index (χ4v) is 2.35. The molecule has 2 N–H and O–H groups in total. The summed E-state index contributed by atoms with van der Waals surface area (Å²) < 4.78 is 1.60. The van der Waals surface area contributed by atoms with E-state index in [-0.39, 0.29) is 17.3 Å². The first-order chi connectivity index (χ1) is 9.52. The zero-order chi connectivity index (χ0) is 14.7. The maximum atomic E-state index is 12.1. The van der Waals surface area contributed by atoms with Crippen LogP contribution in [0.5, 0.6) is 0 Å². The SMILES string of the molecule is CCCn1cc(Cl)c(C(=O)NC2CCCN(O)C2=O)n1. The van der Waals surface area contributed by atoms with E-state index < -0.39 is 17.9 Å². The molecule has 7 nitrogen and oxygen atoms in total. The minimum Gasteiger partial charge on any atom is -0.339 e. The van der Waals surface area contributed by atoms with Gasteiger partial charge >= 0.3 is 0 Å². The largest absolute Gasteiger partial charge is 0.339 e. The Labute approximate surface area is 121 Å². The van der Waals surface area contributed by atoms with Crippen molar-refractivity contribution in [1.82, 2.24) is 20.2 Å². The van der Waals surface area contributed by atoms with Gasteiger partial charge in [0.15, 0.2) is 5.69 Å². The molecule has 1 aliphatic heterocycles. The Bertz CT molecular complexity index is 517. The summed E-state index contributed by atoms with van der Waals surface area (Å²) in [5.41, 5.74) is 0.1000. The molecule has 1 saturated heterocycles. The van der Waals surface area contributed by atoms with Crippen molar-refractivity contribution in [1.29, 1.82) is 0 Å². The Hall–Kier alpha value is -1.60. The number of hydroxylamine groups is 2. The molecule has 1 aromatic rings. The maximum Gasteiger partial charge on any atom is 0.273 e. The van der Waals surface area contributed by atoms with Crippen LogP contribution in [0.25, 0.3) is 0 Å². The summed E-state index contributed by atoms with van der Waals surface area (Å²) in [5.74, 6) is -1.01. The van der Waals surface area contributed by atoms with Crippen LogP contribution in [0.3, 0.4) is 0 Å². The number of carbonyl (C=O) groups is 2. The van der Waals surface area contributed by atoms with Gasteiger partial charge in [0, 0.05) is 19.3 Å². The van der Waals surface area contributed by atoms with Crippen molar-refractivity contribution >= 4 is 23.4 Å². The minimum absolute atomic E-state index is 0.1000. The second-order valence-corrected chi connectivity index (χ2v) is 5.13. The predicted molar refractivity (Wildman–Crippen MR) is 71.5 cm³/mol. The molecule has 2 rings (SSSR count). The monoisotopic (exact) mass is 300 g/mol. The first-order valence-corrected chi connectivity index (χ1v) is 6.94. The van der Waals surface area contributed by atoms with Gasteiger partial charge in [-0.25, -0.2) is 5.06 Å². The molecule has 0 spiro atoms. The number of nitrogens with zero attached hydrogens (tertiary/aromatic N) is 3. The average Bonchev–Trinajstić information content (AvgIpc) is 2.76. The van der Waals surface area contributed by atoms with E-state index in [0.29, 0.717) is 24.4 Å². The highest BCUT2D eigenvalue weighted by Crippen LogP contribution is 2.16. The Balaban J connectivity index is 2.06. The lowest BCUT2D eigenvalue weighted by Crippen LogP contribution is -2.51. The van der Waals surface area contributed by atoms with Gasteiger partial charge in [0.25, 0.3) is 11.8 Å². The molecule has 1 aromatic heterocycles. The van der Waals surface area contributed by atoms with E-state index in [0.717, 1.165) is 6.42 Å². The molecule has 0 saturated carbocycles. The Morgan fingerprint density at radius 3 is 3.10 bits per heavy atom. The fourth-order valence-electron chi connectivity index (χ4n) is 2.11.